The van der Waals surface area contributed by atoms with Crippen LogP contribution < -0.4 is 5.32 Å². The predicted octanol–water partition coefficient (Wildman–Crippen LogP) is 3.70. The Kier molecular flexibility index (Phi) is 5.03. The molecule has 7 heteroatoms. The highest BCUT2D eigenvalue weighted by atomic mass is 32.2. The van der Waals surface area contributed by atoms with E-state index in [4.69, 9.17) is 0 Å². The van der Waals surface area contributed by atoms with Crippen molar-refractivity contribution in [1.82, 2.24) is 4.90 Å². The van der Waals surface area contributed by atoms with Crippen LogP contribution in [0.2, 0.25) is 0 Å². The molecule has 1 saturated heterocycles. The van der Waals surface area contributed by atoms with Crippen LogP contribution in [-0.4, -0.2) is 22.5 Å². The lowest BCUT2D eigenvalue weighted by molar-refractivity contribution is -0.128. The highest BCUT2D eigenvalue weighted by Crippen LogP contribution is 2.39. The van der Waals surface area contributed by atoms with Gasteiger partial charge in [0.25, 0.3) is 0 Å². The molecule has 3 rings (SSSR count). The highest BCUT2D eigenvalue weighted by Gasteiger charge is 2.32. The molecule has 0 bridgehead atoms. The van der Waals surface area contributed by atoms with Crippen LogP contribution in [0.5, 0.6) is 0 Å². The van der Waals surface area contributed by atoms with Gasteiger partial charge in [0.05, 0.1) is 5.75 Å². The first-order valence-corrected chi connectivity index (χ1v) is 8.71. The monoisotopic (exact) mass is 362 g/mol. The minimum Gasteiger partial charge on any atom is -0.326 e. The SMILES string of the molecule is CC(=O)Nc1ccc(C2SCC(=O)N2Cc2cc(F)cc(F)c2)cc1. The Balaban J connectivity index is 1.80. The average molecular weight is 362 g/mol. The first kappa shape index (κ1) is 17.4. The van der Waals surface area contributed by atoms with E-state index >= 15 is 0 Å². The van der Waals surface area contributed by atoms with E-state index in [0.29, 0.717) is 17.0 Å². The van der Waals surface area contributed by atoms with Crippen LogP contribution in [0.15, 0.2) is 42.5 Å². The zero-order valence-corrected chi connectivity index (χ0v) is 14.3. The number of hydrogen-bond acceptors (Lipinski definition) is 3. The summed E-state index contributed by atoms with van der Waals surface area (Å²) >= 11 is 1.46. The summed E-state index contributed by atoms with van der Waals surface area (Å²) in [6.07, 6.45) is 0. The maximum absolute atomic E-state index is 13.4. The van der Waals surface area contributed by atoms with Crippen molar-refractivity contribution in [3.63, 3.8) is 0 Å². The summed E-state index contributed by atoms with van der Waals surface area (Å²) in [5, 5.41) is 2.45. The number of thioether (sulfide) groups is 1. The minimum atomic E-state index is -0.662. The van der Waals surface area contributed by atoms with E-state index < -0.39 is 11.6 Å². The van der Waals surface area contributed by atoms with E-state index in [1.54, 1.807) is 17.0 Å². The fourth-order valence-corrected chi connectivity index (χ4v) is 3.92. The van der Waals surface area contributed by atoms with Crippen LogP contribution in [0, 0.1) is 11.6 Å². The summed E-state index contributed by atoms with van der Waals surface area (Å²) in [6, 6.07) is 10.5. The normalized spacial score (nSPS) is 17.0. The molecule has 130 valence electrons. The zero-order valence-electron chi connectivity index (χ0n) is 13.5. The lowest BCUT2D eigenvalue weighted by atomic mass is 10.1. The molecule has 1 atom stereocenters. The lowest BCUT2D eigenvalue weighted by Crippen LogP contribution is -2.27. The number of carbonyl (C=O) groups excluding carboxylic acids is 2. The summed E-state index contributed by atoms with van der Waals surface area (Å²) in [7, 11) is 0. The molecule has 1 unspecified atom stereocenters. The molecule has 2 amide bonds. The van der Waals surface area contributed by atoms with Crippen LogP contribution in [0.3, 0.4) is 0 Å². The number of nitrogens with one attached hydrogen (secondary N) is 1. The Morgan fingerprint density at radius 1 is 1.20 bits per heavy atom. The quantitative estimate of drug-likeness (QED) is 0.902. The molecule has 0 spiro atoms. The molecule has 0 aliphatic carbocycles. The molecule has 2 aromatic rings. The second kappa shape index (κ2) is 7.23. The van der Waals surface area contributed by atoms with Gasteiger partial charge in [-0.15, -0.1) is 11.8 Å². The molecule has 1 aliphatic rings. The maximum atomic E-state index is 13.4. The number of amides is 2. The number of rotatable bonds is 4. The third-order valence-corrected chi connectivity index (χ3v) is 5.02. The van der Waals surface area contributed by atoms with Gasteiger partial charge < -0.3 is 10.2 Å². The van der Waals surface area contributed by atoms with Crippen LogP contribution in [-0.2, 0) is 16.1 Å². The van der Waals surface area contributed by atoms with E-state index in [1.807, 2.05) is 12.1 Å². The van der Waals surface area contributed by atoms with Gasteiger partial charge in [-0.05, 0) is 35.4 Å². The lowest BCUT2D eigenvalue weighted by Gasteiger charge is -2.24. The standard InChI is InChI=1S/C18H16F2N2O2S/c1-11(23)21-16-4-2-13(3-5-16)18-22(17(24)10-25-18)9-12-6-14(19)8-15(20)7-12/h2-8,18H,9-10H2,1H3,(H,21,23). The summed E-state index contributed by atoms with van der Waals surface area (Å²) < 4.78 is 26.8. The molecule has 0 aromatic heterocycles. The third kappa shape index (κ3) is 4.17. The number of halogens is 2. The number of hydrogen-bond donors (Lipinski definition) is 1. The van der Waals surface area contributed by atoms with Crippen molar-refractivity contribution >= 4 is 29.3 Å². The van der Waals surface area contributed by atoms with Gasteiger partial charge in [0.1, 0.15) is 17.0 Å². The Hall–Kier alpha value is -2.41. The largest absolute Gasteiger partial charge is 0.326 e. The molecule has 1 heterocycles. The van der Waals surface area contributed by atoms with Gasteiger partial charge in [-0.3, -0.25) is 9.59 Å². The molecule has 2 aromatic carbocycles. The Labute approximate surface area is 148 Å². The van der Waals surface area contributed by atoms with Crippen molar-refractivity contribution in [3.05, 3.63) is 65.2 Å². The van der Waals surface area contributed by atoms with Crippen molar-refractivity contribution in [1.29, 1.82) is 0 Å². The fraction of sp³-hybridized carbons (Fsp3) is 0.222. The van der Waals surface area contributed by atoms with E-state index in [9.17, 15) is 18.4 Å². The van der Waals surface area contributed by atoms with Crippen molar-refractivity contribution in [2.24, 2.45) is 0 Å². The second-order valence-electron chi connectivity index (χ2n) is 5.77. The molecule has 0 saturated carbocycles. The number of anilines is 1. The highest BCUT2D eigenvalue weighted by molar-refractivity contribution is 8.00. The molecule has 4 nitrogen and oxygen atoms in total. The van der Waals surface area contributed by atoms with E-state index in [-0.39, 0.29) is 23.7 Å². The number of benzene rings is 2. The summed E-state index contributed by atoms with van der Waals surface area (Å²) in [6.45, 7) is 1.57. The summed E-state index contributed by atoms with van der Waals surface area (Å²) in [5.41, 5.74) is 1.97. The van der Waals surface area contributed by atoms with Crippen LogP contribution in [0.4, 0.5) is 14.5 Å². The van der Waals surface area contributed by atoms with Gasteiger partial charge in [0.15, 0.2) is 0 Å². The van der Waals surface area contributed by atoms with Crippen LogP contribution >= 0.6 is 11.8 Å². The van der Waals surface area contributed by atoms with E-state index in [1.165, 1.54) is 30.8 Å². The van der Waals surface area contributed by atoms with Gasteiger partial charge in [-0.25, -0.2) is 8.78 Å². The fourth-order valence-electron chi connectivity index (χ4n) is 2.73. The molecule has 1 N–H and O–H groups in total. The minimum absolute atomic E-state index is 0.0781. The Bertz CT molecular complexity index is 791. The van der Waals surface area contributed by atoms with Gasteiger partial charge in [0, 0.05) is 25.2 Å². The predicted molar refractivity (Wildman–Crippen MR) is 92.9 cm³/mol. The third-order valence-electron chi connectivity index (χ3n) is 3.76. The number of nitrogens with zero attached hydrogens (tertiary/aromatic N) is 1. The molecule has 1 aliphatic heterocycles. The van der Waals surface area contributed by atoms with Crippen LogP contribution in [0.25, 0.3) is 0 Å². The molecule has 1 fully saturated rings. The van der Waals surface area contributed by atoms with Gasteiger partial charge in [0.2, 0.25) is 11.8 Å². The molecule has 0 radical (unpaired) electrons. The van der Waals surface area contributed by atoms with Gasteiger partial charge in [-0.1, -0.05) is 12.1 Å². The zero-order chi connectivity index (χ0) is 18.0. The first-order chi connectivity index (χ1) is 11.9. The number of carbonyl (C=O) groups is 2. The Morgan fingerprint density at radius 3 is 2.44 bits per heavy atom. The van der Waals surface area contributed by atoms with Crippen molar-refractivity contribution in [2.45, 2.75) is 18.8 Å². The smallest absolute Gasteiger partial charge is 0.234 e. The van der Waals surface area contributed by atoms with Crippen molar-refractivity contribution in [3.8, 4) is 0 Å². The molecular weight excluding hydrogens is 346 g/mol. The van der Waals surface area contributed by atoms with Gasteiger partial charge in [-0.2, -0.15) is 0 Å². The average Bonchev–Trinajstić information content (AvgIpc) is 2.88. The maximum Gasteiger partial charge on any atom is 0.234 e. The Morgan fingerprint density at radius 2 is 1.84 bits per heavy atom. The van der Waals surface area contributed by atoms with Crippen molar-refractivity contribution < 1.29 is 18.4 Å². The van der Waals surface area contributed by atoms with E-state index in [2.05, 4.69) is 5.32 Å². The molecular formula is C18H16F2N2O2S. The van der Waals surface area contributed by atoms with Crippen molar-refractivity contribution in [2.75, 3.05) is 11.1 Å². The first-order valence-electron chi connectivity index (χ1n) is 7.66. The van der Waals surface area contributed by atoms with Gasteiger partial charge >= 0.3 is 0 Å². The second-order valence-corrected chi connectivity index (χ2v) is 6.83. The van der Waals surface area contributed by atoms with Crippen LogP contribution in [0.1, 0.15) is 23.4 Å². The summed E-state index contributed by atoms with van der Waals surface area (Å²) in [5.74, 6) is -1.25. The van der Waals surface area contributed by atoms with E-state index in [0.717, 1.165) is 11.6 Å². The topological polar surface area (TPSA) is 49.4 Å². The summed E-state index contributed by atoms with van der Waals surface area (Å²) in [4.78, 5) is 24.9. The molecule has 25 heavy (non-hydrogen) atoms.